The summed E-state index contributed by atoms with van der Waals surface area (Å²) < 4.78 is 12.3. The van der Waals surface area contributed by atoms with Gasteiger partial charge in [0.15, 0.2) is 0 Å². The zero-order valence-electron chi connectivity index (χ0n) is 19.7. The molecule has 0 bridgehead atoms. The first-order valence-electron chi connectivity index (χ1n) is 11.2. The molecule has 4 heteroatoms. The summed E-state index contributed by atoms with van der Waals surface area (Å²) in [6, 6.07) is 23.4. The van der Waals surface area contributed by atoms with Crippen LogP contribution in [0.5, 0.6) is 11.5 Å². The number of nitrogens with zero attached hydrogens (tertiary/aromatic N) is 1. The molecule has 34 heavy (non-hydrogen) atoms. The molecule has 3 aromatic rings. The Hall–Kier alpha value is -4.15. The number of ether oxygens (including phenoxy) is 2. The van der Waals surface area contributed by atoms with Crippen molar-refractivity contribution in [2.75, 3.05) is 13.1 Å². The molecule has 4 nitrogen and oxygen atoms in total. The monoisotopic (exact) mass is 451 g/mol. The minimum absolute atomic E-state index is 0.116. The number of hydrogen-bond acceptors (Lipinski definition) is 3. The Kier molecular flexibility index (Phi) is 8.78. The minimum Gasteiger partial charge on any atom is -0.488 e. The second-order valence-electron chi connectivity index (χ2n) is 8.16. The molecule has 1 amide bonds. The molecule has 0 saturated carbocycles. The van der Waals surface area contributed by atoms with Crippen molar-refractivity contribution in [2.24, 2.45) is 0 Å². The van der Waals surface area contributed by atoms with Gasteiger partial charge in [0.05, 0.1) is 18.7 Å². The van der Waals surface area contributed by atoms with Crippen LogP contribution in [-0.2, 0) is 13.2 Å². The van der Waals surface area contributed by atoms with E-state index in [0.29, 0.717) is 30.3 Å². The standard InChI is InChI=1S/C30H29NO3/c1-5-17-31(18-6-2)30(32)27-19-26(23(3)4)28(33-21-24-13-9-7-10-14-24)20-29(27)34-22-25-15-11-8-12-16-25/h1-2,7-16,19-20,23H,17-18,21-22H2,3-4H3. The lowest BCUT2D eigenvalue weighted by Gasteiger charge is -2.23. The molecule has 0 unspecified atom stereocenters. The normalized spacial score (nSPS) is 10.3. The summed E-state index contributed by atoms with van der Waals surface area (Å²) in [4.78, 5) is 14.9. The van der Waals surface area contributed by atoms with Gasteiger partial charge >= 0.3 is 0 Å². The van der Waals surface area contributed by atoms with Crippen molar-refractivity contribution in [3.63, 3.8) is 0 Å². The quantitative estimate of drug-likeness (QED) is 0.373. The lowest BCUT2D eigenvalue weighted by Crippen LogP contribution is -2.32. The third kappa shape index (κ3) is 6.44. The number of terminal acetylenes is 2. The van der Waals surface area contributed by atoms with Crippen molar-refractivity contribution < 1.29 is 14.3 Å². The number of carbonyl (C=O) groups excluding carboxylic acids is 1. The zero-order chi connectivity index (χ0) is 24.3. The highest BCUT2D eigenvalue weighted by atomic mass is 16.5. The lowest BCUT2D eigenvalue weighted by atomic mass is 9.98. The van der Waals surface area contributed by atoms with E-state index < -0.39 is 0 Å². The molecule has 0 aliphatic rings. The highest BCUT2D eigenvalue weighted by Crippen LogP contribution is 2.35. The molecular weight excluding hydrogens is 422 g/mol. The van der Waals surface area contributed by atoms with E-state index in [2.05, 4.69) is 25.7 Å². The van der Waals surface area contributed by atoms with Gasteiger partial charge in [-0.25, -0.2) is 0 Å². The number of benzene rings is 3. The van der Waals surface area contributed by atoms with Crippen molar-refractivity contribution in [3.05, 3.63) is 95.1 Å². The van der Waals surface area contributed by atoms with Crippen LogP contribution in [-0.4, -0.2) is 23.9 Å². The lowest BCUT2D eigenvalue weighted by molar-refractivity contribution is 0.0791. The number of hydrogen-bond donors (Lipinski definition) is 0. The molecule has 0 aromatic heterocycles. The summed E-state index contributed by atoms with van der Waals surface area (Å²) in [7, 11) is 0. The van der Waals surface area contributed by atoms with Crippen LogP contribution in [0.25, 0.3) is 0 Å². The maximum absolute atomic E-state index is 13.4. The Morgan fingerprint density at radius 2 is 1.32 bits per heavy atom. The van der Waals surface area contributed by atoms with Gasteiger partial charge in [-0.1, -0.05) is 86.4 Å². The van der Waals surface area contributed by atoms with Crippen LogP contribution >= 0.6 is 0 Å². The van der Waals surface area contributed by atoms with Gasteiger partial charge in [0, 0.05) is 6.07 Å². The van der Waals surface area contributed by atoms with E-state index in [1.807, 2.05) is 66.7 Å². The van der Waals surface area contributed by atoms with Crippen LogP contribution in [0.2, 0.25) is 0 Å². The van der Waals surface area contributed by atoms with Crippen molar-refractivity contribution >= 4 is 5.91 Å². The van der Waals surface area contributed by atoms with E-state index in [-0.39, 0.29) is 24.9 Å². The van der Waals surface area contributed by atoms with Crippen molar-refractivity contribution in [1.29, 1.82) is 0 Å². The fourth-order valence-electron chi connectivity index (χ4n) is 3.50. The van der Waals surface area contributed by atoms with Crippen LogP contribution in [0.15, 0.2) is 72.8 Å². The third-order valence-electron chi connectivity index (χ3n) is 5.29. The van der Waals surface area contributed by atoms with Gasteiger partial charge in [-0.05, 0) is 28.7 Å². The first kappa shape index (κ1) is 24.5. The first-order chi connectivity index (χ1) is 16.5. The number of carbonyl (C=O) groups is 1. The molecule has 3 rings (SSSR count). The summed E-state index contributed by atoms with van der Waals surface area (Å²) >= 11 is 0. The van der Waals surface area contributed by atoms with E-state index in [1.54, 1.807) is 6.07 Å². The Morgan fingerprint density at radius 1 is 0.824 bits per heavy atom. The maximum Gasteiger partial charge on any atom is 0.259 e. The first-order valence-corrected chi connectivity index (χ1v) is 11.2. The van der Waals surface area contributed by atoms with Gasteiger partial charge in [0.1, 0.15) is 24.7 Å². The molecule has 172 valence electrons. The second-order valence-corrected chi connectivity index (χ2v) is 8.16. The van der Waals surface area contributed by atoms with Gasteiger partial charge in [0.25, 0.3) is 5.91 Å². The van der Waals surface area contributed by atoms with E-state index in [0.717, 1.165) is 16.7 Å². The van der Waals surface area contributed by atoms with Gasteiger partial charge < -0.3 is 14.4 Å². The van der Waals surface area contributed by atoms with Crippen LogP contribution in [0.3, 0.4) is 0 Å². The zero-order valence-corrected chi connectivity index (χ0v) is 19.7. The molecule has 0 atom stereocenters. The fourth-order valence-corrected chi connectivity index (χ4v) is 3.50. The van der Waals surface area contributed by atoms with E-state index in [4.69, 9.17) is 22.3 Å². The molecule has 0 heterocycles. The predicted octanol–water partition coefficient (Wildman–Crippen LogP) is 5.68. The van der Waals surface area contributed by atoms with Crippen molar-refractivity contribution in [1.82, 2.24) is 4.90 Å². The van der Waals surface area contributed by atoms with Crippen molar-refractivity contribution in [3.8, 4) is 36.2 Å². The number of rotatable bonds is 10. The highest BCUT2D eigenvalue weighted by Gasteiger charge is 2.23. The average molecular weight is 452 g/mol. The molecular formula is C30H29NO3. The van der Waals surface area contributed by atoms with E-state index in [1.165, 1.54) is 4.90 Å². The summed E-state index contributed by atoms with van der Waals surface area (Å²) in [5.74, 6) is 5.99. The topological polar surface area (TPSA) is 38.8 Å². The van der Waals surface area contributed by atoms with Crippen LogP contribution in [0.1, 0.15) is 46.8 Å². The Bertz CT molecular complexity index is 1160. The molecule has 0 aliphatic heterocycles. The average Bonchev–Trinajstić information content (AvgIpc) is 2.86. The predicted molar refractivity (Wildman–Crippen MR) is 136 cm³/mol. The molecule has 3 aromatic carbocycles. The Labute approximate surface area is 202 Å². The van der Waals surface area contributed by atoms with Crippen LogP contribution < -0.4 is 9.47 Å². The van der Waals surface area contributed by atoms with Gasteiger partial charge in [0.2, 0.25) is 0 Å². The molecule has 0 aliphatic carbocycles. The fraction of sp³-hybridized carbons (Fsp3) is 0.233. The van der Waals surface area contributed by atoms with E-state index >= 15 is 0 Å². The molecule has 0 radical (unpaired) electrons. The summed E-state index contributed by atoms with van der Waals surface area (Å²) in [6.07, 6.45) is 11.0. The van der Waals surface area contributed by atoms with Crippen molar-refractivity contribution in [2.45, 2.75) is 33.0 Å². The Balaban J connectivity index is 2.00. The molecule has 0 N–H and O–H groups in total. The van der Waals surface area contributed by atoms with E-state index in [9.17, 15) is 4.79 Å². The van der Waals surface area contributed by atoms with Gasteiger partial charge in [-0.15, -0.1) is 12.8 Å². The Morgan fingerprint density at radius 3 is 1.79 bits per heavy atom. The molecule has 0 saturated heterocycles. The SMILES string of the molecule is C#CCN(CC#C)C(=O)c1cc(C(C)C)c(OCc2ccccc2)cc1OCc1ccccc1. The maximum atomic E-state index is 13.4. The highest BCUT2D eigenvalue weighted by molar-refractivity contribution is 5.98. The van der Waals surface area contributed by atoms with Crippen LogP contribution in [0, 0.1) is 24.7 Å². The summed E-state index contributed by atoms with van der Waals surface area (Å²) in [6.45, 7) is 5.07. The smallest absolute Gasteiger partial charge is 0.259 e. The second kappa shape index (κ2) is 12.2. The molecule has 0 fully saturated rings. The minimum atomic E-state index is -0.268. The molecule has 0 spiro atoms. The van der Waals surface area contributed by atoms with Gasteiger partial charge in [-0.2, -0.15) is 0 Å². The van der Waals surface area contributed by atoms with Gasteiger partial charge in [-0.3, -0.25) is 4.79 Å². The number of amides is 1. The summed E-state index contributed by atoms with van der Waals surface area (Å²) in [5, 5.41) is 0. The van der Waals surface area contributed by atoms with Crippen LogP contribution in [0.4, 0.5) is 0 Å². The summed E-state index contributed by atoms with van der Waals surface area (Å²) in [5.41, 5.74) is 3.37. The third-order valence-corrected chi connectivity index (χ3v) is 5.29. The largest absolute Gasteiger partial charge is 0.488 e.